The molecular weight excluding hydrogens is 226 g/mol. The summed E-state index contributed by atoms with van der Waals surface area (Å²) < 4.78 is 30.4. The zero-order valence-electron chi connectivity index (χ0n) is 9.96. The third-order valence-corrected chi connectivity index (χ3v) is 2.31. The van der Waals surface area contributed by atoms with Crippen molar-refractivity contribution in [1.82, 2.24) is 0 Å². The number of carbonyl (C=O) groups is 1. The maximum atomic E-state index is 12.9. The monoisotopic (exact) mass is 240 g/mol. The topological polar surface area (TPSA) is 26.3 Å². The minimum atomic E-state index is -2.85. The van der Waals surface area contributed by atoms with E-state index in [1.165, 1.54) is 19.2 Å². The Labute approximate surface area is 98.9 Å². The average Bonchev–Trinajstić information content (AvgIpc) is 2.27. The standard InChI is InChI=1S/C13H14F2O2/c1-9(12(16)17-3)8-10-4-6-11(7-5-10)13(2,14)15/h4-8H,1-3H3/b9-8+. The number of carbonyl (C=O) groups excluding carboxylic acids is 1. The SMILES string of the molecule is COC(=O)/C(C)=C/c1ccc(C(C)(F)F)cc1. The summed E-state index contributed by atoms with van der Waals surface area (Å²) in [5, 5.41) is 0. The largest absolute Gasteiger partial charge is 0.466 e. The van der Waals surface area contributed by atoms with E-state index in [1.807, 2.05) is 0 Å². The quantitative estimate of drug-likeness (QED) is 0.598. The Kier molecular flexibility index (Phi) is 3.99. The van der Waals surface area contributed by atoms with Crippen LogP contribution < -0.4 is 0 Å². The fraction of sp³-hybridized carbons (Fsp3) is 0.308. The van der Waals surface area contributed by atoms with E-state index < -0.39 is 11.9 Å². The lowest BCUT2D eigenvalue weighted by molar-refractivity contribution is -0.135. The molecule has 0 aromatic heterocycles. The van der Waals surface area contributed by atoms with Crippen LogP contribution in [0.1, 0.15) is 25.0 Å². The number of halogens is 2. The zero-order valence-corrected chi connectivity index (χ0v) is 9.96. The Balaban J connectivity index is 2.93. The summed E-state index contributed by atoms with van der Waals surface area (Å²) in [7, 11) is 1.29. The van der Waals surface area contributed by atoms with E-state index in [-0.39, 0.29) is 5.56 Å². The number of hydrogen-bond acceptors (Lipinski definition) is 2. The normalized spacial score (nSPS) is 12.4. The molecule has 0 spiro atoms. The number of methoxy groups -OCH3 is 1. The number of benzene rings is 1. The van der Waals surface area contributed by atoms with Gasteiger partial charge in [0.15, 0.2) is 0 Å². The van der Waals surface area contributed by atoms with Crippen molar-refractivity contribution in [3.05, 3.63) is 41.0 Å². The van der Waals surface area contributed by atoms with Crippen LogP contribution in [0.2, 0.25) is 0 Å². The molecule has 0 fully saturated rings. The Morgan fingerprint density at radius 2 is 1.82 bits per heavy atom. The van der Waals surface area contributed by atoms with Gasteiger partial charge < -0.3 is 4.74 Å². The van der Waals surface area contributed by atoms with Crippen LogP contribution in [0.15, 0.2) is 29.8 Å². The van der Waals surface area contributed by atoms with Gasteiger partial charge in [-0.15, -0.1) is 0 Å². The number of esters is 1. The van der Waals surface area contributed by atoms with Gasteiger partial charge in [-0.05, 0) is 18.6 Å². The molecule has 92 valence electrons. The van der Waals surface area contributed by atoms with Gasteiger partial charge in [0, 0.05) is 18.1 Å². The molecule has 1 aromatic rings. The molecule has 0 radical (unpaired) electrons. The summed E-state index contributed by atoms with van der Waals surface area (Å²) in [6.07, 6.45) is 1.59. The van der Waals surface area contributed by atoms with Crippen molar-refractivity contribution in [2.75, 3.05) is 7.11 Å². The minimum Gasteiger partial charge on any atom is -0.466 e. The van der Waals surface area contributed by atoms with Crippen LogP contribution >= 0.6 is 0 Å². The summed E-state index contributed by atoms with van der Waals surface area (Å²) in [5.41, 5.74) is 1.05. The molecule has 1 rings (SSSR count). The molecule has 0 aliphatic rings. The minimum absolute atomic E-state index is 0.0506. The van der Waals surface area contributed by atoms with Crippen molar-refractivity contribution in [2.45, 2.75) is 19.8 Å². The Morgan fingerprint density at radius 3 is 2.24 bits per heavy atom. The molecule has 0 aliphatic carbocycles. The van der Waals surface area contributed by atoms with Crippen molar-refractivity contribution < 1.29 is 18.3 Å². The number of alkyl halides is 2. The molecule has 0 unspecified atom stereocenters. The molecule has 0 bridgehead atoms. The van der Waals surface area contributed by atoms with E-state index in [4.69, 9.17) is 0 Å². The van der Waals surface area contributed by atoms with Crippen molar-refractivity contribution in [3.8, 4) is 0 Å². The van der Waals surface area contributed by atoms with E-state index in [9.17, 15) is 13.6 Å². The van der Waals surface area contributed by atoms with Crippen LogP contribution in [-0.4, -0.2) is 13.1 Å². The summed E-state index contributed by atoms with van der Waals surface area (Å²) >= 11 is 0. The van der Waals surface area contributed by atoms with Crippen LogP contribution in [0.3, 0.4) is 0 Å². The highest BCUT2D eigenvalue weighted by Crippen LogP contribution is 2.27. The van der Waals surface area contributed by atoms with Crippen molar-refractivity contribution in [2.24, 2.45) is 0 Å². The second-order valence-corrected chi connectivity index (χ2v) is 3.83. The second kappa shape index (κ2) is 5.08. The third-order valence-electron chi connectivity index (χ3n) is 2.31. The van der Waals surface area contributed by atoms with Crippen molar-refractivity contribution >= 4 is 12.0 Å². The molecule has 0 heterocycles. The fourth-order valence-electron chi connectivity index (χ4n) is 1.34. The molecule has 0 N–H and O–H groups in total. The predicted octanol–water partition coefficient (Wildman–Crippen LogP) is 3.37. The molecule has 0 amide bonds. The summed E-state index contributed by atoms with van der Waals surface area (Å²) in [6.45, 7) is 2.45. The highest BCUT2D eigenvalue weighted by atomic mass is 19.3. The van der Waals surface area contributed by atoms with Crippen LogP contribution in [0.25, 0.3) is 6.08 Å². The molecular formula is C13H14F2O2. The molecule has 0 aliphatic heterocycles. The molecule has 17 heavy (non-hydrogen) atoms. The van der Waals surface area contributed by atoms with Gasteiger partial charge in [-0.3, -0.25) is 0 Å². The second-order valence-electron chi connectivity index (χ2n) is 3.83. The zero-order chi connectivity index (χ0) is 13.1. The predicted molar refractivity (Wildman–Crippen MR) is 61.7 cm³/mol. The summed E-state index contributed by atoms with van der Waals surface area (Å²) in [4.78, 5) is 11.1. The van der Waals surface area contributed by atoms with Gasteiger partial charge in [-0.2, -0.15) is 0 Å². The van der Waals surface area contributed by atoms with E-state index in [0.29, 0.717) is 11.1 Å². The molecule has 0 saturated carbocycles. The van der Waals surface area contributed by atoms with Gasteiger partial charge in [0.25, 0.3) is 5.92 Å². The van der Waals surface area contributed by atoms with Gasteiger partial charge in [0.05, 0.1) is 7.11 Å². The van der Waals surface area contributed by atoms with E-state index in [1.54, 1.807) is 25.1 Å². The maximum absolute atomic E-state index is 12.9. The Bertz CT molecular complexity index is 428. The molecule has 1 aromatic carbocycles. The lowest BCUT2D eigenvalue weighted by Crippen LogP contribution is -2.06. The van der Waals surface area contributed by atoms with Crippen molar-refractivity contribution in [3.63, 3.8) is 0 Å². The first-order chi connectivity index (χ1) is 7.84. The van der Waals surface area contributed by atoms with Crippen LogP contribution in [-0.2, 0) is 15.5 Å². The first kappa shape index (κ1) is 13.4. The third kappa shape index (κ3) is 3.66. The molecule has 2 nitrogen and oxygen atoms in total. The van der Waals surface area contributed by atoms with E-state index >= 15 is 0 Å². The lowest BCUT2D eigenvalue weighted by atomic mass is 10.1. The van der Waals surface area contributed by atoms with Crippen LogP contribution in [0, 0.1) is 0 Å². The fourth-order valence-corrected chi connectivity index (χ4v) is 1.34. The van der Waals surface area contributed by atoms with Gasteiger partial charge in [-0.1, -0.05) is 24.3 Å². The average molecular weight is 240 g/mol. The van der Waals surface area contributed by atoms with Gasteiger partial charge in [0.1, 0.15) is 0 Å². The Morgan fingerprint density at radius 1 is 1.29 bits per heavy atom. The number of rotatable bonds is 3. The molecule has 4 heteroatoms. The van der Waals surface area contributed by atoms with E-state index in [2.05, 4.69) is 4.74 Å². The van der Waals surface area contributed by atoms with Crippen LogP contribution in [0.4, 0.5) is 8.78 Å². The van der Waals surface area contributed by atoms with Gasteiger partial charge in [0.2, 0.25) is 0 Å². The summed E-state index contributed by atoms with van der Waals surface area (Å²) in [6, 6.07) is 5.77. The highest BCUT2D eigenvalue weighted by molar-refractivity contribution is 5.92. The summed E-state index contributed by atoms with van der Waals surface area (Å²) in [5.74, 6) is -3.28. The molecule has 0 atom stereocenters. The number of ether oxygens (including phenoxy) is 1. The smallest absolute Gasteiger partial charge is 0.333 e. The van der Waals surface area contributed by atoms with Crippen molar-refractivity contribution in [1.29, 1.82) is 0 Å². The van der Waals surface area contributed by atoms with Gasteiger partial charge in [-0.25, -0.2) is 13.6 Å². The highest BCUT2D eigenvalue weighted by Gasteiger charge is 2.23. The van der Waals surface area contributed by atoms with E-state index in [0.717, 1.165) is 6.92 Å². The molecule has 0 saturated heterocycles. The first-order valence-electron chi connectivity index (χ1n) is 5.09. The van der Waals surface area contributed by atoms with Gasteiger partial charge >= 0.3 is 5.97 Å². The lowest BCUT2D eigenvalue weighted by Gasteiger charge is -2.10. The Hall–Kier alpha value is -1.71. The maximum Gasteiger partial charge on any atom is 0.333 e. The number of hydrogen-bond donors (Lipinski definition) is 0. The first-order valence-corrected chi connectivity index (χ1v) is 5.09. The van der Waals surface area contributed by atoms with Crippen LogP contribution in [0.5, 0.6) is 0 Å².